The van der Waals surface area contributed by atoms with Gasteiger partial charge in [0.15, 0.2) is 6.10 Å². The van der Waals surface area contributed by atoms with Gasteiger partial charge in [0, 0.05) is 0 Å². The van der Waals surface area contributed by atoms with E-state index in [1.807, 2.05) is 0 Å². The lowest BCUT2D eigenvalue weighted by Crippen LogP contribution is -2.49. The smallest absolute Gasteiger partial charge is 0.254 e. The lowest BCUT2D eigenvalue weighted by molar-refractivity contribution is -0.134. The van der Waals surface area contributed by atoms with Crippen molar-refractivity contribution in [1.82, 2.24) is 5.32 Å². The van der Waals surface area contributed by atoms with Crippen LogP contribution in [0.4, 0.5) is 0 Å². The third-order valence-electron chi connectivity index (χ3n) is 2.63. The highest BCUT2D eigenvalue weighted by Gasteiger charge is 2.25. The van der Waals surface area contributed by atoms with Gasteiger partial charge in [0.1, 0.15) is 6.04 Å². The molecular weight excluding hydrogens is 232 g/mol. The molecule has 0 saturated heterocycles. The molecule has 4 N–H and O–H groups in total. The highest BCUT2D eigenvalue weighted by atomic mass is 16.3. The van der Waals surface area contributed by atoms with Gasteiger partial charge < -0.3 is 16.2 Å². The summed E-state index contributed by atoms with van der Waals surface area (Å²) in [5, 5.41) is 12.3. The zero-order valence-corrected chi connectivity index (χ0v) is 10.5. The van der Waals surface area contributed by atoms with E-state index in [2.05, 4.69) is 5.32 Å². The number of carbonyl (C=O) groups is 2. The van der Waals surface area contributed by atoms with Crippen molar-refractivity contribution in [2.45, 2.75) is 26.0 Å². The fraction of sp³-hybridized carbons (Fsp3) is 0.385. The third kappa shape index (κ3) is 3.56. The number of primary amides is 1. The molecule has 2 atom stereocenters. The monoisotopic (exact) mass is 250 g/mol. The Morgan fingerprint density at radius 2 is 1.78 bits per heavy atom. The number of hydrogen-bond acceptors (Lipinski definition) is 3. The van der Waals surface area contributed by atoms with E-state index in [9.17, 15) is 14.7 Å². The molecule has 98 valence electrons. The van der Waals surface area contributed by atoms with Crippen LogP contribution in [0, 0.1) is 5.92 Å². The molecule has 1 rings (SSSR count). The summed E-state index contributed by atoms with van der Waals surface area (Å²) >= 11 is 0. The van der Waals surface area contributed by atoms with Gasteiger partial charge in [-0.1, -0.05) is 44.2 Å². The van der Waals surface area contributed by atoms with E-state index in [0.29, 0.717) is 5.56 Å². The number of benzene rings is 1. The fourth-order valence-electron chi connectivity index (χ4n) is 1.59. The van der Waals surface area contributed by atoms with Crippen LogP contribution >= 0.6 is 0 Å². The minimum absolute atomic E-state index is 0.130. The van der Waals surface area contributed by atoms with Crippen molar-refractivity contribution in [2.75, 3.05) is 0 Å². The number of nitrogens with two attached hydrogens (primary N) is 1. The molecule has 0 aromatic heterocycles. The fourth-order valence-corrected chi connectivity index (χ4v) is 1.59. The van der Waals surface area contributed by atoms with Crippen LogP contribution in [0.5, 0.6) is 0 Å². The van der Waals surface area contributed by atoms with E-state index in [-0.39, 0.29) is 5.92 Å². The number of aliphatic hydroxyl groups excluding tert-OH is 1. The molecule has 1 aromatic carbocycles. The highest BCUT2D eigenvalue weighted by Crippen LogP contribution is 2.13. The van der Waals surface area contributed by atoms with Crippen molar-refractivity contribution < 1.29 is 14.7 Å². The SMILES string of the molecule is CC(C)[C@@H](NC(=O)[C@@H](O)c1ccccc1)C(N)=O. The predicted molar refractivity (Wildman–Crippen MR) is 67.4 cm³/mol. The maximum atomic E-state index is 11.8. The van der Waals surface area contributed by atoms with Gasteiger partial charge in [-0.25, -0.2) is 0 Å². The molecule has 1 aromatic rings. The molecule has 0 aliphatic heterocycles. The topological polar surface area (TPSA) is 92.4 Å². The van der Waals surface area contributed by atoms with Crippen LogP contribution in [0.3, 0.4) is 0 Å². The maximum Gasteiger partial charge on any atom is 0.254 e. The summed E-state index contributed by atoms with van der Waals surface area (Å²) in [5.41, 5.74) is 5.66. The molecule has 0 aliphatic rings. The van der Waals surface area contributed by atoms with Crippen LogP contribution in [0.2, 0.25) is 0 Å². The summed E-state index contributed by atoms with van der Waals surface area (Å²) in [5.74, 6) is -1.37. The molecule has 0 spiro atoms. The average Bonchev–Trinajstić information content (AvgIpc) is 2.35. The molecule has 0 fully saturated rings. The maximum absolute atomic E-state index is 11.8. The Morgan fingerprint density at radius 3 is 2.22 bits per heavy atom. The van der Waals surface area contributed by atoms with E-state index in [4.69, 9.17) is 5.73 Å². The molecule has 0 unspecified atom stereocenters. The van der Waals surface area contributed by atoms with Gasteiger partial charge in [-0.3, -0.25) is 9.59 Å². The summed E-state index contributed by atoms with van der Waals surface area (Å²) < 4.78 is 0. The minimum Gasteiger partial charge on any atom is -0.378 e. The van der Waals surface area contributed by atoms with Gasteiger partial charge in [-0.05, 0) is 11.5 Å². The number of nitrogens with one attached hydrogen (secondary N) is 1. The van der Waals surface area contributed by atoms with Crippen molar-refractivity contribution in [3.8, 4) is 0 Å². The molecule has 2 amide bonds. The first-order valence-electron chi connectivity index (χ1n) is 5.76. The van der Waals surface area contributed by atoms with Gasteiger partial charge in [-0.2, -0.15) is 0 Å². The molecule has 5 heteroatoms. The largest absolute Gasteiger partial charge is 0.378 e. The van der Waals surface area contributed by atoms with E-state index in [0.717, 1.165) is 0 Å². The quantitative estimate of drug-likeness (QED) is 0.704. The Morgan fingerprint density at radius 1 is 1.22 bits per heavy atom. The van der Waals surface area contributed by atoms with E-state index >= 15 is 0 Å². The molecule has 18 heavy (non-hydrogen) atoms. The first kappa shape index (κ1) is 14.2. The van der Waals surface area contributed by atoms with Crippen molar-refractivity contribution in [3.63, 3.8) is 0 Å². The third-order valence-corrected chi connectivity index (χ3v) is 2.63. The second kappa shape index (κ2) is 6.16. The molecule has 5 nitrogen and oxygen atoms in total. The van der Waals surface area contributed by atoms with Crippen LogP contribution in [-0.2, 0) is 9.59 Å². The summed E-state index contributed by atoms with van der Waals surface area (Å²) in [7, 11) is 0. The molecule has 0 heterocycles. The summed E-state index contributed by atoms with van der Waals surface area (Å²) in [6, 6.07) is 7.72. The zero-order chi connectivity index (χ0) is 13.7. The number of aliphatic hydroxyl groups is 1. The molecule has 0 bridgehead atoms. The average molecular weight is 250 g/mol. The second-order valence-electron chi connectivity index (χ2n) is 4.45. The Labute approximate surface area is 106 Å². The summed E-state index contributed by atoms with van der Waals surface area (Å²) in [6.45, 7) is 3.54. The Balaban J connectivity index is 2.73. The normalized spacial score (nSPS) is 14.0. The van der Waals surface area contributed by atoms with Gasteiger partial charge in [-0.15, -0.1) is 0 Å². The van der Waals surface area contributed by atoms with E-state index in [1.54, 1.807) is 44.2 Å². The summed E-state index contributed by atoms with van der Waals surface area (Å²) in [4.78, 5) is 23.0. The van der Waals surface area contributed by atoms with Crippen LogP contribution < -0.4 is 11.1 Å². The molecular formula is C13H18N2O3. The Hall–Kier alpha value is -1.88. The Kier molecular flexibility index (Phi) is 4.85. The van der Waals surface area contributed by atoms with Crippen molar-refractivity contribution >= 4 is 11.8 Å². The van der Waals surface area contributed by atoms with E-state index < -0.39 is 24.0 Å². The van der Waals surface area contributed by atoms with Gasteiger partial charge in [0.2, 0.25) is 5.91 Å². The lowest BCUT2D eigenvalue weighted by atomic mass is 10.0. The zero-order valence-electron chi connectivity index (χ0n) is 10.5. The van der Waals surface area contributed by atoms with Crippen LogP contribution in [0.1, 0.15) is 25.5 Å². The first-order valence-corrected chi connectivity index (χ1v) is 5.76. The standard InChI is InChI=1S/C13H18N2O3/c1-8(2)10(12(14)17)15-13(18)11(16)9-6-4-3-5-7-9/h3-8,10-11,16H,1-2H3,(H2,14,17)(H,15,18)/t10-,11+/m1/s1. The van der Waals surface area contributed by atoms with Crippen LogP contribution in [-0.4, -0.2) is 23.0 Å². The number of carbonyl (C=O) groups excluding carboxylic acids is 2. The van der Waals surface area contributed by atoms with Gasteiger partial charge in [0.25, 0.3) is 5.91 Å². The van der Waals surface area contributed by atoms with Crippen molar-refractivity contribution in [1.29, 1.82) is 0 Å². The first-order chi connectivity index (χ1) is 8.43. The number of rotatable bonds is 5. The second-order valence-corrected chi connectivity index (χ2v) is 4.45. The van der Waals surface area contributed by atoms with Crippen molar-refractivity contribution in [2.24, 2.45) is 11.7 Å². The minimum atomic E-state index is -1.30. The molecule has 0 radical (unpaired) electrons. The number of hydrogen-bond donors (Lipinski definition) is 3. The number of amides is 2. The van der Waals surface area contributed by atoms with Crippen LogP contribution in [0.15, 0.2) is 30.3 Å². The van der Waals surface area contributed by atoms with Crippen molar-refractivity contribution in [3.05, 3.63) is 35.9 Å². The molecule has 0 aliphatic carbocycles. The highest BCUT2D eigenvalue weighted by molar-refractivity contribution is 5.89. The Bertz CT molecular complexity index is 418. The van der Waals surface area contributed by atoms with Gasteiger partial charge in [0.05, 0.1) is 0 Å². The predicted octanol–water partition coefficient (Wildman–Crippen LogP) is 0.346. The van der Waals surface area contributed by atoms with E-state index in [1.165, 1.54) is 0 Å². The lowest BCUT2D eigenvalue weighted by Gasteiger charge is -2.21. The summed E-state index contributed by atoms with van der Waals surface area (Å²) in [6.07, 6.45) is -1.30. The van der Waals surface area contributed by atoms with Gasteiger partial charge >= 0.3 is 0 Å². The van der Waals surface area contributed by atoms with Crippen LogP contribution in [0.25, 0.3) is 0 Å². The molecule has 0 saturated carbocycles.